The maximum Gasteiger partial charge on any atom is 0.240 e. The first kappa shape index (κ1) is 16.5. The van der Waals surface area contributed by atoms with E-state index in [0.717, 1.165) is 43.7 Å². The Morgan fingerprint density at radius 1 is 1.38 bits per heavy atom. The number of fused-ring (bicyclic) bond motifs is 1. The van der Waals surface area contributed by atoms with Crippen molar-refractivity contribution in [1.82, 2.24) is 10.0 Å². The standard InChI is InChI=1S/C14H20N2O3S.ClH/c17-20(18,16-10-11-2-1-6-15-9-11)13-3-4-14-12(8-13)5-7-19-14;/h3-4,8,11,15-16H,1-2,5-7,9-10H2;1H. The zero-order chi connectivity index (χ0) is 14.0. The van der Waals surface area contributed by atoms with Gasteiger partial charge in [-0.15, -0.1) is 12.4 Å². The van der Waals surface area contributed by atoms with Crippen molar-refractivity contribution in [2.24, 2.45) is 5.92 Å². The van der Waals surface area contributed by atoms with Crippen LogP contribution in [0.25, 0.3) is 0 Å². The second-order valence-corrected chi connectivity index (χ2v) is 7.20. The van der Waals surface area contributed by atoms with Gasteiger partial charge in [-0.25, -0.2) is 13.1 Å². The van der Waals surface area contributed by atoms with E-state index in [4.69, 9.17) is 4.74 Å². The van der Waals surface area contributed by atoms with Crippen LogP contribution in [0, 0.1) is 5.92 Å². The van der Waals surface area contributed by atoms with Crippen molar-refractivity contribution < 1.29 is 13.2 Å². The molecule has 2 heterocycles. The van der Waals surface area contributed by atoms with E-state index in [9.17, 15) is 8.42 Å². The Labute approximate surface area is 131 Å². The van der Waals surface area contributed by atoms with Crippen molar-refractivity contribution in [3.05, 3.63) is 23.8 Å². The lowest BCUT2D eigenvalue weighted by atomic mass is 10.0. The Balaban J connectivity index is 0.00000161. The lowest BCUT2D eigenvalue weighted by Gasteiger charge is -2.22. The minimum atomic E-state index is -3.41. The lowest BCUT2D eigenvalue weighted by molar-refractivity contribution is 0.356. The fourth-order valence-corrected chi connectivity index (χ4v) is 3.91. The molecule has 0 radical (unpaired) electrons. The molecule has 0 spiro atoms. The van der Waals surface area contributed by atoms with Gasteiger partial charge in [-0.2, -0.15) is 0 Å². The van der Waals surface area contributed by atoms with E-state index in [1.807, 2.05) is 0 Å². The van der Waals surface area contributed by atoms with E-state index in [1.54, 1.807) is 18.2 Å². The van der Waals surface area contributed by atoms with Gasteiger partial charge in [0.1, 0.15) is 5.75 Å². The Kier molecular flexibility index (Phi) is 5.48. The molecule has 0 bridgehead atoms. The highest BCUT2D eigenvalue weighted by atomic mass is 35.5. The molecule has 0 saturated carbocycles. The van der Waals surface area contributed by atoms with Gasteiger partial charge in [0, 0.05) is 13.0 Å². The summed E-state index contributed by atoms with van der Waals surface area (Å²) in [6.45, 7) is 3.07. The molecule has 1 atom stereocenters. The van der Waals surface area contributed by atoms with Gasteiger partial charge in [0.2, 0.25) is 10.0 Å². The molecule has 0 aliphatic carbocycles. The van der Waals surface area contributed by atoms with Crippen LogP contribution in [0.1, 0.15) is 18.4 Å². The Bertz CT molecular complexity index is 586. The van der Waals surface area contributed by atoms with Crippen molar-refractivity contribution in [2.45, 2.75) is 24.2 Å². The van der Waals surface area contributed by atoms with Crippen LogP contribution in [0.4, 0.5) is 0 Å². The van der Waals surface area contributed by atoms with Gasteiger partial charge < -0.3 is 10.1 Å². The molecule has 3 rings (SSSR count). The van der Waals surface area contributed by atoms with E-state index in [0.29, 0.717) is 24.0 Å². The molecule has 118 valence electrons. The maximum atomic E-state index is 12.3. The average molecular weight is 333 g/mol. The van der Waals surface area contributed by atoms with Crippen LogP contribution in [-0.4, -0.2) is 34.7 Å². The Hall–Kier alpha value is -0.820. The molecule has 0 amide bonds. The van der Waals surface area contributed by atoms with E-state index >= 15 is 0 Å². The van der Waals surface area contributed by atoms with Crippen molar-refractivity contribution in [3.63, 3.8) is 0 Å². The van der Waals surface area contributed by atoms with Crippen LogP contribution < -0.4 is 14.8 Å². The number of benzene rings is 1. The minimum absolute atomic E-state index is 0. The highest BCUT2D eigenvalue weighted by Gasteiger charge is 2.21. The van der Waals surface area contributed by atoms with Crippen LogP contribution in [0.15, 0.2) is 23.1 Å². The summed E-state index contributed by atoms with van der Waals surface area (Å²) in [4.78, 5) is 0.338. The van der Waals surface area contributed by atoms with Gasteiger partial charge in [0.15, 0.2) is 0 Å². The van der Waals surface area contributed by atoms with Crippen LogP contribution >= 0.6 is 12.4 Å². The molecule has 1 fully saturated rings. The smallest absolute Gasteiger partial charge is 0.240 e. The maximum absolute atomic E-state index is 12.3. The third-order valence-electron chi connectivity index (χ3n) is 3.93. The summed E-state index contributed by atoms with van der Waals surface area (Å²) in [6, 6.07) is 5.09. The molecule has 21 heavy (non-hydrogen) atoms. The second kappa shape index (κ2) is 6.96. The second-order valence-electron chi connectivity index (χ2n) is 5.43. The largest absolute Gasteiger partial charge is 0.493 e. The van der Waals surface area contributed by atoms with Crippen molar-refractivity contribution in [1.29, 1.82) is 0 Å². The van der Waals surface area contributed by atoms with Crippen LogP contribution in [0.5, 0.6) is 5.75 Å². The number of rotatable bonds is 4. The quantitative estimate of drug-likeness (QED) is 0.872. The molecule has 1 unspecified atom stereocenters. The van der Waals surface area contributed by atoms with Crippen LogP contribution in [-0.2, 0) is 16.4 Å². The number of ether oxygens (including phenoxy) is 1. The summed E-state index contributed by atoms with van der Waals surface area (Å²) in [6.07, 6.45) is 2.97. The summed E-state index contributed by atoms with van der Waals surface area (Å²) in [7, 11) is -3.41. The van der Waals surface area contributed by atoms with E-state index in [1.165, 1.54) is 0 Å². The monoisotopic (exact) mass is 332 g/mol. The molecule has 2 aliphatic rings. The van der Waals surface area contributed by atoms with Crippen LogP contribution in [0.2, 0.25) is 0 Å². The molecule has 1 aromatic rings. The normalized spacial score (nSPS) is 21.2. The fourth-order valence-electron chi connectivity index (χ4n) is 2.74. The summed E-state index contributed by atoms with van der Waals surface area (Å²) in [5, 5.41) is 3.29. The predicted octanol–water partition coefficient (Wildman–Crippen LogP) is 1.32. The van der Waals surface area contributed by atoms with Gasteiger partial charge in [-0.05, 0) is 55.6 Å². The molecule has 1 saturated heterocycles. The summed E-state index contributed by atoms with van der Waals surface area (Å²) in [5.74, 6) is 1.19. The molecule has 0 aromatic heterocycles. The molecular formula is C14H21ClN2O3S. The van der Waals surface area contributed by atoms with E-state index < -0.39 is 10.0 Å². The highest BCUT2D eigenvalue weighted by Crippen LogP contribution is 2.27. The Morgan fingerprint density at radius 3 is 3.00 bits per heavy atom. The van der Waals surface area contributed by atoms with Crippen LogP contribution in [0.3, 0.4) is 0 Å². The van der Waals surface area contributed by atoms with E-state index in [-0.39, 0.29) is 12.4 Å². The van der Waals surface area contributed by atoms with Gasteiger partial charge in [-0.3, -0.25) is 0 Å². The van der Waals surface area contributed by atoms with E-state index in [2.05, 4.69) is 10.0 Å². The van der Waals surface area contributed by atoms with Crippen molar-refractivity contribution in [2.75, 3.05) is 26.2 Å². The first-order valence-electron chi connectivity index (χ1n) is 7.11. The molecule has 7 heteroatoms. The van der Waals surface area contributed by atoms with Crippen molar-refractivity contribution >= 4 is 22.4 Å². The third-order valence-corrected chi connectivity index (χ3v) is 5.35. The van der Waals surface area contributed by atoms with Gasteiger partial charge in [-0.1, -0.05) is 0 Å². The number of hydrogen-bond acceptors (Lipinski definition) is 4. The first-order chi connectivity index (χ1) is 9.65. The van der Waals surface area contributed by atoms with Gasteiger partial charge >= 0.3 is 0 Å². The molecule has 2 N–H and O–H groups in total. The lowest BCUT2D eigenvalue weighted by Crippen LogP contribution is -2.38. The molecule has 2 aliphatic heterocycles. The highest BCUT2D eigenvalue weighted by molar-refractivity contribution is 7.89. The molecule has 5 nitrogen and oxygen atoms in total. The number of nitrogens with one attached hydrogen (secondary N) is 2. The predicted molar refractivity (Wildman–Crippen MR) is 83.7 cm³/mol. The SMILES string of the molecule is Cl.O=S(=O)(NCC1CCCNC1)c1ccc2c(c1)CCO2. The zero-order valence-corrected chi connectivity index (χ0v) is 13.4. The summed E-state index contributed by atoms with van der Waals surface area (Å²) in [5.41, 5.74) is 0.979. The summed E-state index contributed by atoms with van der Waals surface area (Å²) < 4.78 is 32.7. The molecular weight excluding hydrogens is 312 g/mol. The third kappa shape index (κ3) is 3.88. The zero-order valence-electron chi connectivity index (χ0n) is 11.8. The first-order valence-corrected chi connectivity index (χ1v) is 8.59. The minimum Gasteiger partial charge on any atom is -0.493 e. The summed E-state index contributed by atoms with van der Waals surface area (Å²) >= 11 is 0. The number of hydrogen-bond donors (Lipinski definition) is 2. The molecule has 1 aromatic carbocycles. The Morgan fingerprint density at radius 2 is 2.24 bits per heavy atom. The van der Waals surface area contributed by atoms with Crippen molar-refractivity contribution in [3.8, 4) is 5.75 Å². The number of halogens is 1. The topological polar surface area (TPSA) is 67.4 Å². The number of sulfonamides is 1. The fraction of sp³-hybridized carbons (Fsp3) is 0.571. The number of piperidine rings is 1. The van der Waals surface area contributed by atoms with Gasteiger partial charge in [0.25, 0.3) is 0 Å². The average Bonchev–Trinajstić information content (AvgIpc) is 2.94. The van der Waals surface area contributed by atoms with Gasteiger partial charge in [0.05, 0.1) is 11.5 Å².